The van der Waals surface area contributed by atoms with Gasteiger partial charge in [-0.3, -0.25) is 9.79 Å². The van der Waals surface area contributed by atoms with Gasteiger partial charge in [-0.2, -0.15) is 0 Å². The first-order valence-electron chi connectivity index (χ1n) is 10.2. The van der Waals surface area contributed by atoms with E-state index in [1.165, 1.54) is 0 Å². The third kappa shape index (κ3) is 8.27. The molecule has 1 aliphatic heterocycles. The number of guanidine groups is 1. The molecule has 1 amide bonds. The van der Waals surface area contributed by atoms with Crippen molar-refractivity contribution in [3.63, 3.8) is 0 Å². The second-order valence-corrected chi connectivity index (χ2v) is 6.89. The Labute approximate surface area is 168 Å². The molecule has 0 bridgehead atoms. The van der Waals surface area contributed by atoms with Crippen molar-refractivity contribution in [1.29, 1.82) is 0 Å². The average molecular weight is 391 g/mol. The molecule has 7 nitrogen and oxygen atoms in total. The summed E-state index contributed by atoms with van der Waals surface area (Å²) in [7, 11) is 1.76. The lowest BCUT2D eigenvalue weighted by molar-refractivity contribution is 0.0203. The van der Waals surface area contributed by atoms with E-state index in [2.05, 4.69) is 20.9 Å². The van der Waals surface area contributed by atoms with Crippen LogP contribution in [0.1, 0.15) is 42.1 Å². The van der Waals surface area contributed by atoms with Crippen molar-refractivity contribution in [2.24, 2.45) is 10.9 Å². The number of ether oxygens (including phenoxy) is 2. The van der Waals surface area contributed by atoms with E-state index >= 15 is 0 Å². The van der Waals surface area contributed by atoms with Crippen molar-refractivity contribution in [1.82, 2.24) is 16.0 Å². The molecule has 2 rings (SSSR count). The van der Waals surface area contributed by atoms with Gasteiger partial charge in [0.25, 0.3) is 5.91 Å². The highest BCUT2D eigenvalue weighted by Crippen LogP contribution is 2.14. The van der Waals surface area contributed by atoms with Crippen LogP contribution in [0.5, 0.6) is 0 Å². The Kier molecular flexibility index (Phi) is 10.4. The van der Waals surface area contributed by atoms with Crippen LogP contribution in [0.15, 0.2) is 29.3 Å². The van der Waals surface area contributed by atoms with Gasteiger partial charge in [-0.25, -0.2) is 0 Å². The summed E-state index contributed by atoms with van der Waals surface area (Å²) in [6.07, 6.45) is 3.16. The predicted octanol–water partition coefficient (Wildman–Crippen LogP) is 1.93. The topological polar surface area (TPSA) is 84.0 Å². The number of rotatable bonds is 10. The summed E-state index contributed by atoms with van der Waals surface area (Å²) in [5, 5.41) is 9.38. The quantitative estimate of drug-likeness (QED) is 0.323. The van der Waals surface area contributed by atoms with Gasteiger partial charge in [-0.15, -0.1) is 0 Å². The molecule has 1 heterocycles. The van der Waals surface area contributed by atoms with Gasteiger partial charge in [0.2, 0.25) is 0 Å². The van der Waals surface area contributed by atoms with Gasteiger partial charge in [0, 0.05) is 58.7 Å². The van der Waals surface area contributed by atoms with E-state index in [0.29, 0.717) is 24.6 Å². The van der Waals surface area contributed by atoms with Gasteiger partial charge in [0.05, 0.1) is 0 Å². The van der Waals surface area contributed by atoms with Crippen LogP contribution < -0.4 is 16.0 Å². The Bertz CT molecular complexity index is 598. The Morgan fingerprint density at radius 2 is 1.93 bits per heavy atom. The number of carbonyl (C=O) groups excluding carboxylic acids is 1. The smallest absolute Gasteiger partial charge is 0.251 e. The third-order valence-electron chi connectivity index (χ3n) is 4.69. The lowest BCUT2D eigenvalue weighted by Gasteiger charge is -2.21. The van der Waals surface area contributed by atoms with Gasteiger partial charge < -0.3 is 25.4 Å². The summed E-state index contributed by atoms with van der Waals surface area (Å²) in [6.45, 7) is 7.32. The number of hydrogen-bond donors (Lipinski definition) is 3. The van der Waals surface area contributed by atoms with E-state index < -0.39 is 0 Å². The number of nitrogens with one attached hydrogen (secondary N) is 3. The van der Waals surface area contributed by atoms with Crippen LogP contribution in [0.4, 0.5) is 0 Å². The minimum Gasteiger partial charge on any atom is -0.381 e. The largest absolute Gasteiger partial charge is 0.381 e. The van der Waals surface area contributed by atoms with Crippen LogP contribution in [-0.2, 0) is 16.0 Å². The normalized spacial score (nSPS) is 15.3. The SMILES string of the molecule is CCNC(=O)c1ccc(CNC(=NC)NCCCOCC2CCOCC2)cc1. The number of nitrogens with zero attached hydrogens (tertiary/aromatic N) is 1. The monoisotopic (exact) mass is 390 g/mol. The fourth-order valence-electron chi connectivity index (χ4n) is 2.99. The van der Waals surface area contributed by atoms with E-state index in [9.17, 15) is 4.79 Å². The highest BCUT2D eigenvalue weighted by atomic mass is 16.5. The molecular weight excluding hydrogens is 356 g/mol. The molecule has 0 saturated carbocycles. The molecule has 0 atom stereocenters. The van der Waals surface area contributed by atoms with Crippen molar-refractivity contribution in [2.45, 2.75) is 32.7 Å². The van der Waals surface area contributed by atoms with Gasteiger partial charge in [-0.05, 0) is 49.8 Å². The van der Waals surface area contributed by atoms with Crippen LogP contribution in [0.3, 0.4) is 0 Å². The summed E-state index contributed by atoms with van der Waals surface area (Å²) >= 11 is 0. The second-order valence-electron chi connectivity index (χ2n) is 6.89. The molecule has 0 spiro atoms. The molecule has 0 radical (unpaired) electrons. The van der Waals surface area contributed by atoms with Crippen molar-refractivity contribution in [3.8, 4) is 0 Å². The molecule has 7 heteroatoms. The zero-order valence-corrected chi connectivity index (χ0v) is 17.1. The predicted molar refractivity (Wildman–Crippen MR) is 112 cm³/mol. The van der Waals surface area contributed by atoms with Crippen molar-refractivity contribution in [3.05, 3.63) is 35.4 Å². The summed E-state index contributed by atoms with van der Waals surface area (Å²) in [6, 6.07) is 7.59. The molecule has 0 unspecified atom stereocenters. The lowest BCUT2D eigenvalue weighted by atomic mass is 10.0. The lowest BCUT2D eigenvalue weighted by Crippen LogP contribution is -2.37. The third-order valence-corrected chi connectivity index (χ3v) is 4.69. The average Bonchev–Trinajstić information content (AvgIpc) is 2.74. The molecule has 156 valence electrons. The van der Waals surface area contributed by atoms with Crippen LogP contribution in [-0.4, -0.2) is 58.4 Å². The Morgan fingerprint density at radius 3 is 2.61 bits per heavy atom. The van der Waals surface area contributed by atoms with E-state index in [0.717, 1.165) is 63.8 Å². The van der Waals surface area contributed by atoms with Crippen LogP contribution in [0.2, 0.25) is 0 Å². The summed E-state index contributed by atoms with van der Waals surface area (Å²) in [5.41, 5.74) is 1.77. The summed E-state index contributed by atoms with van der Waals surface area (Å²) < 4.78 is 11.1. The van der Waals surface area contributed by atoms with Crippen molar-refractivity contribution < 1.29 is 14.3 Å². The maximum absolute atomic E-state index is 11.8. The molecule has 3 N–H and O–H groups in total. The summed E-state index contributed by atoms with van der Waals surface area (Å²) in [4.78, 5) is 16.0. The van der Waals surface area contributed by atoms with Crippen LogP contribution >= 0.6 is 0 Å². The number of hydrogen-bond acceptors (Lipinski definition) is 4. The molecule has 1 aromatic rings. The minimum atomic E-state index is -0.0430. The molecule has 1 aromatic carbocycles. The van der Waals surface area contributed by atoms with E-state index in [1.54, 1.807) is 7.05 Å². The number of amides is 1. The maximum Gasteiger partial charge on any atom is 0.251 e. The Balaban J connectivity index is 1.58. The number of benzene rings is 1. The molecule has 1 saturated heterocycles. The fourth-order valence-corrected chi connectivity index (χ4v) is 2.99. The molecule has 28 heavy (non-hydrogen) atoms. The van der Waals surface area contributed by atoms with Crippen LogP contribution in [0, 0.1) is 5.92 Å². The molecule has 0 aromatic heterocycles. The van der Waals surface area contributed by atoms with E-state index in [4.69, 9.17) is 9.47 Å². The molecular formula is C21H34N4O3. The van der Waals surface area contributed by atoms with Gasteiger partial charge in [-0.1, -0.05) is 12.1 Å². The van der Waals surface area contributed by atoms with Gasteiger partial charge >= 0.3 is 0 Å². The molecule has 1 fully saturated rings. The fraction of sp³-hybridized carbons (Fsp3) is 0.619. The Morgan fingerprint density at radius 1 is 1.18 bits per heavy atom. The molecule has 1 aliphatic rings. The highest BCUT2D eigenvalue weighted by Gasteiger charge is 2.13. The number of carbonyl (C=O) groups is 1. The zero-order chi connectivity index (χ0) is 20.0. The van der Waals surface area contributed by atoms with Gasteiger partial charge in [0.15, 0.2) is 5.96 Å². The van der Waals surface area contributed by atoms with Gasteiger partial charge in [0.1, 0.15) is 0 Å². The van der Waals surface area contributed by atoms with Crippen molar-refractivity contribution >= 4 is 11.9 Å². The van der Waals surface area contributed by atoms with E-state index in [1.807, 2.05) is 31.2 Å². The Hall–Kier alpha value is -2.12. The second kappa shape index (κ2) is 13.1. The van der Waals surface area contributed by atoms with Crippen LogP contribution in [0.25, 0.3) is 0 Å². The molecule has 0 aliphatic carbocycles. The first kappa shape index (κ1) is 22.2. The zero-order valence-electron chi connectivity index (χ0n) is 17.1. The standard InChI is InChI=1S/C21H34N4O3/c1-3-23-20(26)19-7-5-17(6-8-19)15-25-21(22-2)24-11-4-12-28-16-18-9-13-27-14-10-18/h5-8,18H,3-4,9-16H2,1-2H3,(H,23,26)(H2,22,24,25). The first-order valence-corrected chi connectivity index (χ1v) is 10.2. The van der Waals surface area contributed by atoms with Crippen molar-refractivity contribution in [2.75, 3.05) is 46.6 Å². The highest BCUT2D eigenvalue weighted by molar-refractivity contribution is 5.94. The minimum absolute atomic E-state index is 0.0430. The number of aliphatic imine (C=N–C) groups is 1. The maximum atomic E-state index is 11.8. The van der Waals surface area contributed by atoms with E-state index in [-0.39, 0.29) is 5.91 Å². The summed E-state index contributed by atoms with van der Waals surface area (Å²) in [5.74, 6) is 1.37. The first-order chi connectivity index (χ1) is 13.7.